The van der Waals surface area contributed by atoms with Gasteiger partial charge < -0.3 is 9.84 Å². The van der Waals surface area contributed by atoms with Crippen LogP contribution >= 0.6 is 15.9 Å². The molecule has 0 radical (unpaired) electrons. The van der Waals surface area contributed by atoms with E-state index in [0.29, 0.717) is 5.75 Å². The van der Waals surface area contributed by atoms with Crippen LogP contribution in [0.5, 0.6) is 11.5 Å². The number of benzene rings is 2. The number of halogens is 3. The molecule has 2 aromatic carbocycles. The Morgan fingerprint density at radius 2 is 1.72 bits per heavy atom. The zero-order valence-electron chi connectivity index (χ0n) is 9.16. The quantitative estimate of drug-likeness (QED) is 0.867. The first kappa shape index (κ1) is 12.8. The lowest BCUT2D eigenvalue weighted by molar-refractivity contribution is 0.291. The molecule has 5 heteroatoms. The maximum Gasteiger partial charge on any atom is 0.146 e. The van der Waals surface area contributed by atoms with Gasteiger partial charge in [-0.25, -0.2) is 8.78 Å². The van der Waals surface area contributed by atoms with Crippen molar-refractivity contribution in [1.29, 1.82) is 0 Å². The van der Waals surface area contributed by atoms with Gasteiger partial charge in [-0.05, 0) is 52.3 Å². The largest absolute Gasteiger partial charge is 0.508 e. The maximum atomic E-state index is 13.6. The molecule has 2 nitrogen and oxygen atoms in total. The molecule has 0 unspecified atom stereocenters. The van der Waals surface area contributed by atoms with Gasteiger partial charge in [0.1, 0.15) is 29.7 Å². The van der Waals surface area contributed by atoms with Crippen LogP contribution in [0.1, 0.15) is 5.56 Å². The van der Waals surface area contributed by atoms with E-state index in [2.05, 4.69) is 15.9 Å². The summed E-state index contributed by atoms with van der Waals surface area (Å²) < 4.78 is 32.5. The standard InChI is InChI=1S/C13H9BrF2O2/c14-11-5-6-12(15)10(13(11)16)7-18-9-3-1-8(17)2-4-9/h1-6,17H,7H2. The molecular formula is C13H9BrF2O2. The van der Waals surface area contributed by atoms with Crippen LogP contribution in [0.3, 0.4) is 0 Å². The minimum absolute atomic E-state index is 0.0992. The summed E-state index contributed by atoms with van der Waals surface area (Å²) in [7, 11) is 0. The first-order valence-corrected chi connectivity index (χ1v) is 5.91. The van der Waals surface area contributed by atoms with E-state index in [9.17, 15) is 8.78 Å². The van der Waals surface area contributed by atoms with E-state index in [0.717, 1.165) is 0 Å². The summed E-state index contributed by atoms with van der Waals surface area (Å²) in [5.74, 6) is -0.808. The van der Waals surface area contributed by atoms with Crippen LogP contribution in [0.25, 0.3) is 0 Å². The van der Waals surface area contributed by atoms with Crippen LogP contribution in [0.4, 0.5) is 8.78 Å². The van der Waals surface area contributed by atoms with E-state index in [1.54, 1.807) is 0 Å². The number of rotatable bonds is 3. The summed E-state index contributed by atoms with van der Waals surface area (Å²) in [6, 6.07) is 8.37. The second kappa shape index (κ2) is 5.35. The molecule has 1 N–H and O–H groups in total. The third kappa shape index (κ3) is 2.79. The first-order chi connectivity index (χ1) is 8.58. The van der Waals surface area contributed by atoms with Crippen molar-refractivity contribution in [2.75, 3.05) is 0 Å². The third-order valence-electron chi connectivity index (χ3n) is 2.36. The second-order valence-electron chi connectivity index (χ2n) is 3.60. The van der Waals surface area contributed by atoms with Crippen molar-refractivity contribution < 1.29 is 18.6 Å². The van der Waals surface area contributed by atoms with E-state index < -0.39 is 11.6 Å². The molecule has 0 saturated carbocycles. The van der Waals surface area contributed by atoms with Gasteiger partial charge in [0.25, 0.3) is 0 Å². The van der Waals surface area contributed by atoms with Crippen LogP contribution in [0, 0.1) is 11.6 Å². The van der Waals surface area contributed by atoms with E-state index in [4.69, 9.17) is 9.84 Å². The SMILES string of the molecule is Oc1ccc(OCc2c(F)ccc(Br)c2F)cc1. The molecule has 0 aliphatic rings. The number of phenolic OH excluding ortho intramolecular Hbond substituents is 1. The van der Waals surface area contributed by atoms with Gasteiger partial charge in [-0.2, -0.15) is 0 Å². The van der Waals surface area contributed by atoms with Gasteiger partial charge in [-0.15, -0.1) is 0 Å². The highest BCUT2D eigenvalue weighted by molar-refractivity contribution is 9.10. The fourth-order valence-corrected chi connectivity index (χ4v) is 1.77. The van der Waals surface area contributed by atoms with Crippen LogP contribution in [0.15, 0.2) is 40.9 Å². The van der Waals surface area contributed by atoms with Crippen molar-refractivity contribution in [3.8, 4) is 11.5 Å². The molecular weight excluding hydrogens is 306 g/mol. The Kier molecular flexibility index (Phi) is 3.81. The summed E-state index contributed by atoms with van der Waals surface area (Å²) in [5.41, 5.74) is -0.141. The van der Waals surface area contributed by atoms with Crippen molar-refractivity contribution in [2.24, 2.45) is 0 Å². The number of hydrogen-bond acceptors (Lipinski definition) is 2. The zero-order valence-corrected chi connectivity index (χ0v) is 10.7. The highest BCUT2D eigenvalue weighted by atomic mass is 79.9. The van der Waals surface area contributed by atoms with Gasteiger partial charge in [-0.3, -0.25) is 0 Å². The average Bonchev–Trinajstić information content (AvgIpc) is 2.36. The fourth-order valence-electron chi connectivity index (χ4n) is 1.40. The van der Waals surface area contributed by atoms with Gasteiger partial charge >= 0.3 is 0 Å². The normalized spacial score (nSPS) is 10.4. The molecule has 0 bridgehead atoms. The molecule has 18 heavy (non-hydrogen) atoms. The van der Waals surface area contributed by atoms with Crippen molar-refractivity contribution >= 4 is 15.9 Å². The molecule has 2 aromatic rings. The number of ether oxygens (including phenoxy) is 1. The molecule has 0 saturated heterocycles. The molecule has 2 rings (SSSR count). The van der Waals surface area contributed by atoms with Crippen molar-refractivity contribution in [2.45, 2.75) is 6.61 Å². The molecule has 0 aliphatic carbocycles. The van der Waals surface area contributed by atoms with Crippen LogP contribution in [-0.2, 0) is 6.61 Å². The minimum atomic E-state index is -0.672. The summed E-state index contributed by atoms with van der Waals surface area (Å²) in [4.78, 5) is 0. The van der Waals surface area contributed by atoms with E-state index >= 15 is 0 Å². The van der Waals surface area contributed by atoms with Gasteiger partial charge in [0.05, 0.1) is 10.0 Å². The minimum Gasteiger partial charge on any atom is -0.508 e. The molecule has 0 fully saturated rings. The van der Waals surface area contributed by atoms with E-state index in [-0.39, 0.29) is 22.4 Å². The lowest BCUT2D eigenvalue weighted by Gasteiger charge is -2.09. The number of phenols is 1. The van der Waals surface area contributed by atoms with Crippen molar-refractivity contribution in [3.63, 3.8) is 0 Å². The molecule has 94 valence electrons. The summed E-state index contributed by atoms with van der Waals surface area (Å²) >= 11 is 2.99. The third-order valence-corrected chi connectivity index (χ3v) is 2.97. The molecule has 0 amide bonds. The van der Waals surface area contributed by atoms with Crippen LogP contribution in [0.2, 0.25) is 0 Å². The zero-order chi connectivity index (χ0) is 13.1. The Morgan fingerprint density at radius 3 is 2.39 bits per heavy atom. The Morgan fingerprint density at radius 1 is 1.06 bits per heavy atom. The first-order valence-electron chi connectivity index (χ1n) is 5.12. The number of hydrogen-bond donors (Lipinski definition) is 1. The lowest BCUT2D eigenvalue weighted by Crippen LogP contribution is -2.02. The molecule has 0 atom stereocenters. The smallest absolute Gasteiger partial charge is 0.146 e. The topological polar surface area (TPSA) is 29.5 Å². The van der Waals surface area contributed by atoms with Crippen molar-refractivity contribution in [3.05, 3.63) is 58.1 Å². The predicted molar refractivity (Wildman–Crippen MR) is 66.5 cm³/mol. The molecule has 0 aliphatic heterocycles. The van der Waals surface area contributed by atoms with Gasteiger partial charge in [0.2, 0.25) is 0 Å². The Balaban J connectivity index is 2.15. The van der Waals surface area contributed by atoms with E-state index in [1.807, 2.05) is 0 Å². The monoisotopic (exact) mass is 314 g/mol. The highest BCUT2D eigenvalue weighted by Crippen LogP contribution is 2.23. The fraction of sp³-hybridized carbons (Fsp3) is 0.0769. The molecule has 0 spiro atoms. The van der Waals surface area contributed by atoms with Gasteiger partial charge in [0.15, 0.2) is 0 Å². The summed E-state index contributed by atoms with van der Waals surface area (Å²) in [6.07, 6.45) is 0. The second-order valence-corrected chi connectivity index (χ2v) is 4.46. The van der Waals surface area contributed by atoms with Gasteiger partial charge in [0, 0.05) is 0 Å². The Bertz CT molecular complexity index is 556. The van der Waals surface area contributed by atoms with E-state index in [1.165, 1.54) is 36.4 Å². The molecule has 0 aromatic heterocycles. The maximum absolute atomic E-state index is 13.6. The predicted octanol–water partition coefficient (Wildman–Crippen LogP) is 4.01. The van der Waals surface area contributed by atoms with Crippen molar-refractivity contribution in [1.82, 2.24) is 0 Å². The number of aromatic hydroxyl groups is 1. The highest BCUT2D eigenvalue weighted by Gasteiger charge is 2.12. The summed E-state index contributed by atoms with van der Waals surface area (Å²) in [5, 5.41) is 9.08. The van der Waals surface area contributed by atoms with Gasteiger partial charge in [-0.1, -0.05) is 0 Å². The average molecular weight is 315 g/mol. The molecule has 0 heterocycles. The van der Waals surface area contributed by atoms with Crippen LogP contribution < -0.4 is 4.74 Å². The Labute approximate surface area is 111 Å². The lowest BCUT2D eigenvalue weighted by atomic mass is 10.2. The van der Waals surface area contributed by atoms with Crippen LogP contribution in [-0.4, -0.2) is 5.11 Å². The summed E-state index contributed by atoms with van der Waals surface area (Å²) in [6.45, 7) is -0.220. The Hall–Kier alpha value is -1.62.